The van der Waals surface area contributed by atoms with Gasteiger partial charge < -0.3 is 5.32 Å². The lowest BCUT2D eigenvalue weighted by atomic mass is 10.0. The van der Waals surface area contributed by atoms with Crippen LogP contribution in [-0.4, -0.2) is 15.5 Å². The maximum Gasteiger partial charge on any atom is 0.261 e. The van der Waals surface area contributed by atoms with Crippen LogP contribution in [0.1, 0.15) is 67.3 Å². The Morgan fingerprint density at radius 3 is 2.57 bits per heavy atom. The van der Waals surface area contributed by atoms with Gasteiger partial charge in [-0.15, -0.1) is 0 Å². The molecule has 5 nitrogen and oxygen atoms in total. The van der Waals surface area contributed by atoms with Crippen molar-refractivity contribution < 1.29 is 4.79 Å². The minimum absolute atomic E-state index is 0.166. The number of fused-ring (bicyclic) bond motifs is 1. The minimum Gasteiger partial charge on any atom is -0.342 e. The highest BCUT2D eigenvalue weighted by Gasteiger charge is 2.17. The normalized spacial score (nSPS) is 12.1. The fourth-order valence-corrected chi connectivity index (χ4v) is 3.74. The molecule has 30 heavy (non-hydrogen) atoms. The van der Waals surface area contributed by atoms with Gasteiger partial charge in [-0.05, 0) is 55.7 Å². The van der Waals surface area contributed by atoms with Gasteiger partial charge in [-0.1, -0.05) is 49.9 Å². The number of amides is 1. The van der Waals surface area contributed by atoms with Crippen LogP contribution in [0.25, 0.3) is 10.9 Å². The third kappa shape index (κ3) is 5.08. The van der Waals surface area contributed by atoms with Crippen molar-refractivity contribution in [2.75, 3.05) is 0 Å². The number of benzene rings is 2. The van der Waals surface area contributed by atoms with E-state index in [0.717, 1.165) is 6.42 Å². The van der Waals surface area contributed by atoms with Crippen LogP contribution in [0.5, 0.6) is 0 Å². The van der Waals surface area contributed by atoms with Crippen molar-refractivity contribution in [3.63, 3.8) is 0 Å². The number of carbonyl (C=O) groups is 1. The summed E-state index contributed by atoms with van der Waals surface area (Å²) in [6, 6.07) is 12.3. The van der Waals surface area contributed by atoms with E-state index in [-0.39, 0.29) is 11.5 Å². The highest BCUT2D eigenvalue weighted by Crippen LogP contribution is 2.18. The first kappa shape index (κ1) is 22.0. The Morgan fingerprint density at radius 2 is 1.87 bits per heavy atom. The van der Waals surface area contributed by atoms with Crippen LogP contribution in [0.2, 0.25) is 5.02 Å². The lowest BCUT2D eigenvalue weighted by Gasteiger charge is -2.17. The number of hydrogen-bond acceptors (Lipinski definition) is 3. The summed E-state index contributed by atoms with van der Waals surface area (Å²) in [5.74, 6) is 0.288. The van der Waals surface area contributed by atoms with Gasteiger partial charge in [0.1, 0.15) is 5.82 Å². The number of aromatic nitrogens is 2. The summed E-state index contributed by atoms with van der Waals surface area (Å²) in [5, 5.41) is 3.96. The van der Waals surface area contributed by atoms with Gasteiger partial charge in [0.15, 0.2) is 0 Å². The van der Waals surface area contributed by atoms with Crippen LogP contribution >= 0.6 is 11.6 Å². The number of carbonyl (C=O) groups excluding carboxylic acids is 1. The number of rotatable bonds is 8. The molecular weight excluding hydrogens is 398 g/mol. The Kier molecular flexibility index (Phi) is 7.27. The van der Waals surface area contributed by atoms with Crippen molar-refractivity contribution in [1.82, 2.24) is 14.9 Å². The van der Waals surface area contributed by atoms with E-state index >= 15 is 0 Å². The third-order valence-electron chi connectivity index (χ3n) is 5.34. The van der Waals surface area contributed by atoms with E-state index in [0.29, 0.717) is 27.3 Å². The first-order chi connectivity index (χ1) is 14.4. The quantitative estimate of drug-likeness (QED) is 0.504. The molecule has 0 fully saturated rings. The Labute approximate surface area is 182 Å². The number of hydrogen-bond donors (Lipinski definition) is 1. The Morgan fingerprint density at radius 1 is 1.13 bits per heavy atom. The summed E-state index contributed by atoms with van der Waals surface area (Å²) in [7, 11) is 1.66. The molecule has 0 aliphatic heterocycles. The molecule has 2 aromatic carbocycles. The van der Waals surface area contributed by atoms with Crippen molar-refractivity contribution in [3.8, 4) is 0 Å². The van der Waals surface area contributed by atoms with Gasteiger partial charge in [0.2, 0.25) is 0 Å². The average Bonchev–Trinajstić information content (AvgIpc) is 2.74. The molecule has 1 atom stereocenters. The molecule has 1 heterocycles. The van der Waals surface area contributed by atoms with Crippen molar-refractivity contribution in [3.05, 3.63) is 74.8 Å². The molecule has 1 aromatic heterocycles. The molecule has 3 aromatic rings. The molecule has 0 saturated carbocycles. The van der Waals surface area contributed by atoms with Crippen molar-refractivity contribution in [1.29, 1.82) is 0 Å². The van der Waals surface area contributed by atoms with Gasteiger partial charge in [0.05, 0.1) is 16.9 Å². The second-order valence-electron chi connectivity index (χ2n) is 7.70. The molecule has 1 N–H and O–H groups in total. The number of aryl methyl sites for hydroxylation is 1. The number of nitrogens with zero attached hydrogens (tertiary/aromatic N) is 2. The molecule has 0 bridgehead atoms. The zero-order chi connectivity index (χ0) is 21.7. The fraction of sp³-hybridized carbons (Fsp3) is 0.375. The molecule has 0 aliphatic rings. The molecule has 0 aliphatic carbocycles. The molecule has 0 radical (unpaired) electrons. The summed E-state index contributed by atoms with van der Waals surface area (Å²) >= 11 is 6.05. The van der Waals surface area contributed by atoms with Crippen molar-refractivity contribution in [2.24, 2.45) is 7.05 Å². The average molecular weight is 426 g/mol. The first-order valence-electron chi connectivity index (χ1n) is 10.5. The molecule has 158 valence electrons. The minimum atomic E-state index is -0.438. The lowest BCUT2D eigenvalue weighted by molar-refractivity contribution is 0.0937. The molecule has 0 saturated heterocycles. The number of nitrogens with one attached hydrogen (secondary N) is 1. The van der Waals surface area contributed by atoms with Crippen LogP contribution < -0.4 is 10.9 Å². The zero-order valence-electron chi connectivity index (χ0n) is 17.7. The van der Waals surface area contributed by atoms with Crippen molar-refractivity contribution >= 4 is 28.4 Å². The third-order valence-corrected chi connectivity index (χ3v) is 5.58. The summed E-state index contributed by atoms with van der Waals surface area (Å²) in [5.41, 5.74) is 2.19. The van der Waals surface area contributed by atoms with E-state index in [2.05, 4.69) is 17.2 Å². The standard InChI is InChI=1S/C24H28ClN3O2/c1-4-5-6-7-8-17-9-11-18(12-10-17)23(29)26-16(2)22-27-21-15-19(25)13-14-20(21)24(30)28(22)3/h9-16H,4-8H2,1-3H3,(H,26,29)/t16-/m0/s1. The maximum absolute atomic E-state index is 12.7. The van der Waals surface area contributed by atoms with E-state index in [1.54, 1.807) is 25.2 Å². The van der Waals surface area contributed by atoms with Crippen LogP contribution in [0.4, 0.5) is 0 Å². The SMILES string of the molecule is CCCCCCc1ccc(C(=O)N[C@@H](C)c2nc3cc(Cl)ccc3c(=O)n2C)cc1. The van der Waals surface area contributed by atoms with E-state index in [9.17, 15) is 9.59 Å². The van der Waals surface area contributed by atoms with Gasteiger partial charge in [0, 0.05) is 17.6 Å². The molecular formula is C24H28ClN3O2. The second-order valence-corrected chi connectivity index (χ2v) is 8.13. The van der Waals surface area contributed by atoms with Crippen LogP contribution in [0.3, 0.4) is 0 Å². The van der Waals surface area contributed by atoms with E-state index in [4.69, 9.17) is 11.6 Å². The summed E-state index contributed by atoms with van der Waals surface area (Å²) in [6.07, 6.45) is 5.92. The second kappa shape index (κ2) is 9.90. The predicted octanol–water partition coefficient (Wildman–Crippen LogP) is 5.20. The van der Waals surface area contributed by atoms with Crippen LogP contribution in [0.15, 0.2) is 47.3 Å². The van der Waals surface area contributed by atoms with Gasteiger partial charge >= 0.3 is 0 Å². The van der Waals surface area contributed by atoms with Crippen LogP contribution in [0, 0.1) is 0 Å². The monoisotopic (exact) mass is 425 g/mol. The largest absolute Gasteiger partial charge is 0.342 e. The van der Waals surface area contributed by atoms with Crippen molar-refractivity contribution in [2.45, 2.75) is 52.0 Å². The Hall–Kier alpha value is -2.66. The summed E-state index contributed by atoms with van der Waals surface area (Å²) < 4.78 is 1.47. The van der Waals surface area contributed by atoms with Gasteiger partial charge in [-0.3, -0.25) is 14.2 Å². The van der Waals surface area contributed by atoms with Gasteiger partial charge in [-0.2, -0.15) is 0 Å². The maximum atomic E-state index is 12.7. The molecule has 0 unspecified atom stereocenters. The highest BCUT2D eigenvalue weighted by atomic mass is 35.5. The van der Waals surface area contributed by atoms with Crippen LogP contribution in [-0.2, 0) is 13.5 Å². The lowest BCUT2D eigenvalue weighted by Crippen LogP contribution is -2.32. The zero-order valence-corrected chi connectivity index (χ0v) is 18.5. The highest BCUT2D eigenvalue weighted by molar-refractivity contribution is 6.31. The van der Waals surface area contributed by atoms with E-state index in [1.165, 1.54) is 35.8 Å². The predicted molar refractivity (Wildman–Crippen MR) is 122 cm³/mol. The number of unbranched alkanes of at least 4 members (excludes halogenated alkanes) is 3. The smallest absolute Gasteiger partial charge is 0.261 e. The Bertz CT molecular complexity index is 1090. The van der Waals surface area contributed by atoms with E-state index in [1.807, 2.05) is 31.2 Å². The summed E-state index contributed by atoms with van der Waals surface area (Å²) in [4.78, 5) is 29.9. The van der Waals surface area contributed by atoms with Gasteiger partial charge in [-0.25, -0.2) is 4.98 Å². The van der Waals surface area contributed by atoms with Gasteiger partial charge in [0.25, 0.3) is 11.5 Å². The first-order valence-corrected chi connectivity index (χ1v) is 10.8. The number of halogens is 1. The topological polar surface area (TPSA) is 64.0 Å². The fourth-order valence-electron chi connectivity index (χ4n) is 3.57. The van der Waals surface area contributed by atoms with E-state index < -0.39 is 6.04 Å². The molecule has 1 amide bonds. The molecule has 3 rings (SSSR count). The Balaban J connectivity index is 1.72. The summed E-state index contributed by atoms with van der Waals surface area (Å²) in [6.45, 7) is 4.02. The molecule has 6 heteroatoms. The molecule has 0 spiro atoms.